The van der Waals surface area contributed by atoms with Crippen molar-refractivity contribution < 1.29 is 18.7 Å². The number of hydrogen-bond donors (Lipinski definition) is 1. The molecule has 1 N–H and O–H groups in total. The Morgan fingerprint density at radius 1 is 1.22 bits per heavy atom. The zero-order chi connectivity index (χ0) is 19.2. The second kappa shape index (κ2) is 8.54. The van der Waals surface area contributed by atoms with E-state index in [-0.39, 0.29) is 24.8 Å². The van der Waals surface area contributed by atoms with Crippen LogP contribution in [0.15, 0.2) is 35.0 Å². The van der Waals surface area contributed by atoms with E-state index in [0.29, 0.717) is 33.6 Å². The molecule has 27 heavy (non-hydrogen) atoms. The second-order valence-corrected chi connectivity index (χ2v) is 6.39. The van der Waals surface area contributed by atoms with Crippen molar-refractivity contribution in [1.82, 2.24) is 20.3 Å². The Morgan fingerprint density at radius 2 is 2.00 bits per heavy atom. The Bertz CT molecular complexity index is 936. The summed E-state index contributed by atoms with van der Waals surface area (Å²) in [5.41, 5.74) is 0.687. The first-order chi connectivity index (χ1) is 13.1. The van der Waals surface area contributed by atoms with Crippen LogP contribution in [0.3, 0.4) is 0 Å². The van der Waals surface area contributed by atoms with Crippen molar-refractivity contribution in [2.45, 2.75) is 26.8 Å². The topological polar surface area (TPSA) is 107 Å². The molecule has 3 aromatic heterocycles. The average Bonchev–Trinajstić information content (AvgIpc) is 3.34. The van der Waals surface area contributed by atoms with Gasteiger partial charge in [0.2, 0.25) is 5.76 Å². The lowest BCUT2D eigenvalue weighted by Crippen LogP contribution is -2.22. The summed E-state index contributed by atoms with van der Waals surface area (Å²) in [7, 11) is 0. The van der Waals surface area contributed by atoms with E-state index < -0.39 is 5.97 Å². The molecule has 0 saturated heterocycles. The van der Waals surface area contributed by atoms with Crippen LogP contribution in [0.5, 0.6) is 0 Å². The molecular weight excluding hydrogens is 368 g/mol. The van der Waals surface area contributed by atoms with Crippen LogP contribution < -0.4 is 5.32 Å². The van der Waals surface area contributed by atoms with Gasteiger partial charge in [-0.25, -0.2) is 19.7 Å². The number of thiazole rings is 1. The van der Waals surface area contributed by atoms with E-state index in [9.17, 15) is 9.59 Å². The number of furan rings is 1. The number of carbonyl (C=O) groups is 2. The van der Waals surface area contributed by atoms with Crippen LogP contribution in [0.25, 0.3) is 10.8 Å². The molecule has 0 bridgehead atoms. The Labute approximate surface area is 159 Å². The number of carbonyl (C=O) groups excluding carboxylic acids is 2. The van der Waals surface area contributed by atoms with E-state index in [1.807, 2.05) is 6.92 Å². The fraction of sp³-hybridized carbons (Fsp3) is 0.278. The molecule has 0 radical (unpaired) electrons. The van der Waals surface area contributed by atoms with Crippen molar-refractivity contribution in [3.8, 4) is 10.8 Å². The predicted molar refractivity (Wildman–Crippen MR) is 98.4 cm³/mol. The number of aryl methyl sites for hydroxylation is 1. The maximum Gasteiger partial charge on any atom is 0.374 e. The third kappa shape index (κ3) is 4.37. The molecule has 0 aromatic carbocycles. The van der Waals surface area contributed by atoms with Crippen molar-refractivity contribution in [3.63, 3.8) is 0 Å². The minimum atomic E-state index is -0.529. The molecule has 8 nitrogen and oxygen atoms in total. The lowest BCUT2D eigenvalue weighted by molar-refractivity contribution is 0.0488. The summed E-state index contributed by atoms with van der Waals surface area (Å²) in [5, 5.41) is 3.38. The number of esters is 1. The predicted octanol–water partition coefficient (Wildman–Crippen LogP) is 2.86. The normalized spacial score (nSPS) is 10.6. The summed E-state index contributed by atoms with van der Waals surface area (Å²) in [6.07, 6.45) is 3.88. The highest BCUT2D eigenvalue weighted by molar-refractivity contribution is 7.17. The molecule has 3 heterocycles. The molecule has 0 unspecified atom stereocenters. The third-order valence-electron chi connectivity index (χ3n) is 3.56. The van der Waals surface area contributed by atoms with Crippen LogP contribution >= 0.6 is 11.3 Å². The maximum atomic E-state index is 12.6. The van der Waals surface area contributed by atoms with Gasteiger partial charge < -0.3 is 14.5 Å². The molecule has 0 aliphatic heterocycles. The molecule has 3 rings (SSSR count). The minimum absolute atomic E-state index is 0.108. The molecule has 140 valence electrons. The van der Waals surface area contributed by atoms with Crippen LogP contribution in [0.4, 0.5) is 0 Å². The van der Waals surface area contributed by atoms with Gasteiger partial charge in [0.1, 0.15) is 10.6 Å². The standard InChI is InChI=1S/C18H18N4O4S/c1-3-12-14(27-17(22-12)15-19-8-5-9-20-15)16(23)21-10-11-6-7-13(26-11)18(24)25-4-2/h5-9H,3-4,10H2,1-2H3,(H,21,23). The van der Waals surface area contributed by atoms with Gasteiger partial charge in [0.25, 0.3) is 5.91 Å². The monoisotopic (exact) mass is 386 g/mol. The fourth-order valence-corrected chi connectivity index (χ4v) is 3.33. The van der Waals surface area contributed by atoms with Crippen LogP contribution in [-0.4, -0.2) is 33.4 Å². The summed E-state index contributed by atoms with van der Waals surface area (Å²) in [5.74, 6) is 0.262. The van der Waals surface area contributed by atoms with Gasteiger partial charge in [0, 0.05) is 12.4 Å². The molecule has 3 aromatic rings. The van der Waals surface area contributed by atoms with E-state index in [4.69, 9.17) is 9.15 Å². The maximum absolute atomic E-state index is 12.6. The molecule has 0 aliphatic carbocycles. The third-order valence-corrected chi connectivity index (χ3v) is 4.65. The Hall–Kier alpha value is -3.07. The van der Waals surface area contributed by atoms with Gasteiger partial charge in [-0.1, -0.05) is 6.92 Å². The molecular formula is C18H18N4O4S. The number of nitrogens with one attached hydrogen (secondary N) is 1. The van der Waals surface area contributed by atoms with Gasteiger partial charge in [0.05, 0.1) is 18.8 Å². The first-order valence-electron chi connectivity index (χ1n) is 8.43. The zero-order valence-corrected chi connectivity index (χ0v) is 15.7. The van der Waals surface area contributed by atoms with Gasteiger partial charge in [0.15, 0.2) is 10.8 Å². The van der Waals surface area contributed by atoms with Crippen molar-refractivity contribution in [2.24, 2.45) is 0 Å². The lowest BCUT2D eigenvalue weighted by Gasteiger charge is -2.02. The van der Waals surface area contributed by atoms with Crippen LogP contribution in [0.2, 0.25) is 0 Å². The highest BCUT2D eigenvalue weighted by Crippen LogP contribution is 2.26. The summed E-state index contributed by atoms with van der Waals surface area (Å²) >= 11 is 1.24. The molecule has 0 saturated carbocycles. The van der Waals surface area contributed by atoms with Crippen LogP contribution in [-0.2, 0) is 17.7 Å². The summed E-state index contributed by atoms with van der Waals surface area (Å²) in [4.78, 5) is 37.5. The van der Waals surface area contributed by atoms with E-state index in [0.717, 1.165) is 0 Å². The van der Waals surface area contributed by atoms with E-state index in [1.165, 1.54) is 17.4 Å². The van der Waals surface area contributed by atoms with Crippen molar-refractivity contribution in [3.05, 3.63) is 52.7 Å². The zero-order valence-electron chi connectivity index (χ0n) is 14.9. The molecule has 0 spiro atoms. The van der Waals surface area contributed by atoms with Gasteiger partial charge in [-0.05, 0) is 31.5 Å². The number of rotatable bonds is 7. The average molecular weight is 386 g/mol. The Balaban J connectivity index is 1.69. The molecule has 0 fully saturated rings. The number of nitrogens with zero attached hydrogens (tertiary/aromatic N) is 3. The van der Waals surface area contributed by atoms with Gasteiger partial charge >= 0.3 is 5.97 Å². The summed E-state index contributed by atoms with van der Waals surface area (Å²) < 4.78 is 10.3. The van der Waals surface area contributed by atoms with Crippen molar-refractivity contribution in [2.75, 3.05) is 6.61 Å². The van der Waals surface area contributed by atoms with Gasteiger partial charge in [-0.15, -0.1) is 11.3 Å². The number of hydrogen-bond acceptors (Lipinski definition) is 8. The van der Waals surface area contributed by atoms with Crippen molar-refractivity contribution >= 4 is 23.2 Å². The first kappa shape index (κ1) is 18.7. The molecule has 1 amide bonds. The second-order valence-electron chi connectivity index (χ2n) is 5.39. The van der Waals surface area contributed by atoms with E-state index in [2.05, 4.69) is 20.3 Å². The van der Waals surface area contributed by atoms with E-state index in [1.54, 1.807) is 31.5 Å². The highest BCUT2D eigenvalue weighted by atomic mass is 32.1. The van der Waals surface area contributed by atoms with E-state index >= 15 is 0 Å². The SMILES string of the molecule is CCOC(=O)c1ccc(CNC(=O)c2sc(-c3ncccn3)nc2CC)o1. The molecule has 0 atom stereocenters. The lowest BCUT2D eigenvalue weighted by atomic mass is 10.3. The van der Waals surface area contributed by atoms with Gasteiger partial charge in [-0.2, -0.15) is 0 Å². The Morgan fingerprint density at radius 3 is 2.70 bits per heavy atom. The molecule has 9 heteroatoms. The number of amides is 1. The Kier molecular flexibility index (Phi) is 5.92. The smallest absolute Gasteiger partial charge is 0.374 e. The molecule has 0 aliphatic rings. The van der Waals surface area contributed by atoms with Gasteiger partial charge in [-0.3, -0.25) is 4.79 Å². The quantitative estimate of drug-likeness (QED) is 0.622. The van der Waals surface area contributed by atoms with Crippen LogP contribution in [0, 0.1) is 0 Å². The summed E-state index contributed by atoms with van der Waals surface area (Å²) in [6, 6.07) is 4.87. The highest BCUT2D eigenvalue weighted by Gasteiger charge is 2.19. The fourth-order valence-electron chi connectivity index (χ4n) is 2.31. The van der Waals surface area contributed by atoms with Crippen LogP contribution in [0.1, 0.15) is 45.5 Å². The first-order valence-corrected chi connectivity index (χ1v) is 9.25. The number of ether oxygens (including phenoxy) is 1. The summed E-state index contributed by atoms with van der Waals surface area (Å²) in [6.45, 7) is 4.07. The largest absolute Gasteiger partial charge is 0.460 e. The number of aromatic nitrogens is 3. The minimum Gasteiger partial charge on any atom is -0.460 e. The van der Waals surface area contributed by atoms with Crippen molar-refractivity contribution in [1.29, 1.82) is 0 Å².